The summed E-state index contributed by atoms with van der Waals surface area (Å²) < 4.78 is 37.2. The molecule has 0 saturated heterocycles. The SMILES string of the molecule is O=C(O)c1c(NC(=O)C(F)(F)F)[nH]c2ccc(Br)cc12. The first-order chi connectivity index (χ1) is 9.20. The number of alkyl halides is 3. The highest BCUT2D eigenvalue weighted by molar-refractivity contribution is 9.10. The van der Waals surface area contributed by atoms with Crippen LogP contribution < -0.4 is 5.32 Å². The van der Waals surface area contributed by atoms with Gasteiger partial charge in [-0.15, -0.1) is 0 Å². The summed E-state index contributed by atoms with van der Waals surface area (Å²) in [5.41, 5.74) is -0.137. The van der Waals surface area contributed by atoms with Crippen LogP contribution >= 0.6 is 15.9 Å². The first kappa shape index (κ1) is 14.4. The molecule has 1 amide bonds. The number of aromatic amines is 1. The second-order valence-electron chi connectivity index (χ2n) is 3.82. The number of hydrogen-bond donors (Lipinski definition) is 3. The van der Waals surface area contributed by atoms with Gasteiger partial charge in [0.25, 0.3) is 0 Å². The molecule has 20 heavy (non-hydrogen) atoms. The molecule has 0 aliphatic heterocycles. The van der Waals surface area contributed by atoms with Crippen LogP contribution in [-0.2, 0) is 4.79 Å². The van der Waals surface area contributed by atoms with Crippen LogP contribution in [-0.4, -0.2) is 28.1 Å². The van der Waals surface area contributed by atoms with E-state index in [0.717, 1.165) is 0 Å². The van der Waals surface area contributed by atoms with Gasteiger partial charge in [0.2, 0.25) is 0 Å². The predicted octanol–water partition coefficient (Wildman–Crippen LogP) is 3.13. The van der Waals surface area contributed by atoms with E-state index in [2.05, 4.69) is 20.9 Å². The van der Waals surface area contributed by atoms with Crippen LogP contribution in [0.25, 0.3) is 10.9 Å². The molecule has 3 N–H and O–H groups in total. The molecule has 5 nitrogen and oxygen atoms in total. The van der Waals surface area contributed by atoms with Crippen molar-refractivity contribution in [3.05, 3.63) is 28.2 Å². The third kappa shape index (κ3) is 2.62. The molecule has 9 heteroatoms. The minimum Gasteiger partial charge on any atom is -0.478 e. The predicted molar refractivity (Wildman–Crippen MR) is 67.6 cm³/mol. The summed E-state index contributed by atoms with van der Waals surface area (Å²) in [6.07, 6.45) is -5.10. The number of aromatic nitrogens is 1. The van der Waals surface area contributed by atoms with Gasteiger partial charge in [-0.05, 0) is 18.2 Å². The zero-order valence-corrected chi connectivity index (χ0v) is 11.1. The van der Waals surface area contributed by atoms with Crippen LogP contribution in [0.2, 0.25) is 0 Å². The molecule has 106 valence electrons. The van der Waals surface area contributed by atoms with Gasteiger partial charge in [-0.1, -0.05) is 15.9 Å². The second-order valence-corrected chi connectivity index (χ2v) is 4.74. The third-order valence-electron chi connectivity index (χ3n) is 2.47. The average Bonchev–Trinajstić information content (AvgIpc) is 2.64. The van der Waals surface area contributed by atoms with Crippen molar-refractivity contribution >= 4 is 44.5 Å². The summed E-state index contributed by atoms with van der Waals surface area (Å²) in [7, 11) is 0. The number of carboxylic acids is 1. The Kier molecular flexibility index (Phi) is 3.46. The maximum atomic E-state index is 12.2. The van der Waals surface area contributed by atoms with Crippen molar-refractivity contribution in [3.63, 3.8) is 0 Å². The summed E-state index contributed by atoms with van der Waals surface area (Å²) in [5.74, 6) is -4.20. The average molecular weight is 351 g/mol. The number of benzene rings is 1. The number of halogens is 4. The molecule has 1 aromatic carbocycles. The van der Waals surface area contributed by atoms with Crippen LogP contribution in [0.4, 0.5) is 19.0 Å². The smallest absolute Gasteiger partial charge is 0.471 e. The van der Waals surface area contributed by atoms with E-state index in [9.17, 15) is 22.8 Å². The monoisotopic (exact) mass is 350 g/mol. The highest BCUT2D eigenvalue weighted by Crippen LogP contribution is 2.30. The summed E-state index contributed by atoms with van der Waals surface area (Å²) in [6, 6.07) is 4.49. The number of nitrogens with one attached hydrogen (secondary N) is 2. The van der Waals surface area contributed by atoms with E-state index in [0.29, 0.717) is 9.99 Å². The Morgan fingerprint density at radius 1 is 1.30 bits per heavy atom. The minimum absolute atomic E-state index is 0.185. The first-order valence-corrected chi connectivity index (χ1v) is 5.92. The van der Waals surface area contributed by atoms with Crippen LogP contribution in [0.3, 0.4) is 0 Å². The van der Waals surface area contributed by atoms with Gasteiger partial charge in [0, 0.05) is 15.4 Å². The van der Waals surface area contributed by atoms with Gasteiger partial charge in [0.15, 0.2) is 0 Å². The number of hydrogen-bond acceptors (Lipinski definition) is 2. The number of carbonyl (C=O) groups excluding carboxylic acids is 1. The van der Waals surface area contributed by atoms with Crippen LogP contribution in [0.15, 0.2) is 22.7 Å². The third-order valence-corrected chi connectivity index (χ3v) is 2.96. The molecule has 0 aliphatic rings. The Hall–Kier alpha value is -2.03. The molecule has 2 rings (SSSR count). The molecule has 0 spiro atoms. The summed E-state index contributed by atoms with van der Waals surface area (Å²) >= 11 is 3.13. The molecule has 0 unspecified atom stereocenters. The number of anilines is 1. The fourth-order valence-electron chi connectivity index (χ4n) is 1.66. The normalized spacial score (nSPS) is 11.6. The first-order valence-electron chi connectivity index (χ1n) is 5.13. The van der Waals surface area contributed by atoms with E-state index < -0.39 is 29.4 Å². The summed E-state index contributed by atoms with van der Waals surface area (Å²) in [6.45, 7) is 0. The largest absolute Gasteiger partial charge is 0.478 e. The van der Waals surface area contributed by atoms with Crippen molar-refractivity contribution < 1.29 is 27.9 Å². The van der Waals surface area contributed by atoms with Gasteiger partial charge in [-0.2, -0.15) is 13.2 Å². The Labute approximate surface area is 117 Å². The zero-order chi connectivity index (χ0) is 15.1. The van der Waals surface area contributed by atoms with E-state index >= 15 is 0 Å². The number of amides is 1. The van der Waals surface area contributed by atoms with E-state index in [1.807, 2.05) is 0 Å². The number of aromatic carboxylic acids is 1. The molecule has 2 aromatic rings. The molecule has 1 aromatic heterocycles. The van der Waals surface area contributed by atoms with Gasteiger partial charge in [-0.25, -0.2) is 4.79 Å². The van der Waals surface area contributed by atoms with Gasteiger partial charge in [0.1, 0.15) is 11.4 Å². The fraction of sp³-hybridized carbons (Fsp3) is 0.0909. The second kappa shape index (κ2) is 4.82. The maximum Gasteiger partial charge on any atom is 0.471 e. The molecule has 0 aliphatic carbocycles. The quantitative estimate of drug-likeness (QED) is 0.778. The fourth-order valence-corrected chi connectivity index (χ4v) is 2.03. The molecule has 0 saturated carbocycles. The molecule has 1 heterocycles. The van der Waals surface area contributed by atoms with E-state index in [4.69, 9.17) is 5.11 Å². The van der Waals surface area contributed by atoms with Crippen LogP contribution in [0, 0.1) is 0 Å². The van der Waals surface area contributed by atoms with Crippen molar-refractivity contribution in [2.45, 2.75) is 6.18 Å². The summed E-state index contributed by atoms with van der Waals surface area (Å²) in [4.78, 5) is 24.5. The van der Waals surface area contributed by atoms with E-state index in [1.165, 1.54) is 17.4 Å². The highest BCUT2D eigenvalue weighted by Gasteiger charge is 2.39. The Balaban J connectivity index is 2.56. The minimum atomic E-state index is -5.10. The van der Waals surface area contributed by atoms with Crippen molar-refractivity contribution in [2.24, 2.45) is 0 Å². The lowest BCUT2D eigenvalue weighted by Gasteiger charge is -2.07. The number of rotatable bonds is 2. The van der Waals surface area contributed by atoms with Gasteiger partial charge in [0.05, 0.1) is 0 Å². The molecule has 0 atom stereocenters. The van der Waals surface area contributed by atoms with Crippen molar-refractivity contribution in [1.29, 1.82) is 0 Å². The molecule has 0 bridgehead atoms. The van der Waals surface area contributed by atoms with Crippen molar-refractivity contribution in [2.75, 3.05) is 5.32 Å². The lowest BCUT2D eigenvalue weighted by atomic mass is 10.1. The number of fused-ring (bicyclic) bond motifs is 1. The Morgan fingerprint density at radius 2 is 1.95 bits per heavy atom. The van der Waals surface area contributed by atoms with Crippen molar-refractivity contribution in [1.82, 2.24) is 4.98 Å². The van der Waals surface area contributed by atoms with Gasteiger partial charge >= 0.3 is 18.1 Å². The Morgan fingerprint density at radius 3 is 2.50 bits per heavy atom. The standard InChI is InChI=1S/C11H6BrF3N2O3/c12-4-1-2-6-5(3-4)7(9(18)19)8(16-6)17-10(20)11(13,14)15/h1-3,16H,(H,17,20)(H,18,19). The summed E-state index contributed by atoms with van der Waals surface area (Å²) in [5, 5.41) is 10.8. The van der Waals surface area contributed by atoms with Crippen LogP contribution in [0.5, 0.6) is 0 Å². The zero-order valence-electron chi connectivity index (χ0n) is 9.51. The number of H-pyrrole nitrogens is 1. The number of carbonyl (C=O) groups is 2. The van der Waals surface area contributed by atoms with Gasteiger partial charge < -0.3 is 15.4 Å². The lowest BCUT2D eigenvalue weighted by Crippen LogP contribution is -2.30. The number of carboxylic acid groups (broad SMARTS) is 1. The van der Waals surface area contributed by atoms with Crippen molar-refractivity contribution in [3.8, 4) is 0 Å². The highest BCUT2D eigenvalue weighted by atomic mass is 79.9. The lowest BCUT2D eigenvalue weighted by molar-refractivity contribution is -0.167. The van der Waals surface area contributed by atoms with Crippen LogP contribution in [0.1, 0.15) is 10.4 Å². The Bertz CT molecular complexity index is 709. The molecule has 0 radical (unpaired) electrons. The molecular weight excluding hydrogens is 345 g/mol. The van der Waals surface area contributed by atoms with E-state index in [-0.39, 0.29) is 5.39 Å². The molecule has 0 fully saturated rings. The van der Waals surface area contributed by atoms with E-state index in [1.54, 1.807) is 6.07 Å². The maximum absolute atomic E-state index is 12.2. The van der Waals surface area contributed by atoms with Gasteiger partial charge in [-0.3, -0.25) is 4.79 Å². The molecular formula is C11H6BrF3N2O3. The topological polar surface area (TPSA) is 82.2 Å².